The van der Waals surface area contributed by atoms with E-state index in [0.717, 1.165) is 0 Å². The van der Waals surface area contributed by atoms with Crippen molar-refractivity contribution in [2.45, 2.75) is 0 Å². The van der Waals surface area contributed by atoms with E-state index in [1.807, 2.05) is 0 Å². The molecule has 1 rings (SSSR count). The minimum Gasteiger partial charge on any atom is -0.297 e. The number of allylic oxidation sites excluding steroid dienone is 1. The van der Waals surface area contributed by atoms with E-state index in [1.54, 1.807) is 30.3 Å². The first-order valence-corrected chi connectivity index (χ1v) is 3.97. The maximum atomic E-state index is 10.3. The molecule has 0 aliphatic rings. The number of nitriles is 1. The first kappa shape index (κ1) is 9.50. The normalized spacial score (nSPS) is 10.6. The van der Waals surface area contributed by atoms with Crippen LogP contribution in [0, 0.1) is 11.3 Å². The van der Waals surface area contributed by atoms with Gasteiger partial charge in [0.1, 0.15) is 6.07 Å². The Bertz CT molecular complexity index is 390. The molecule has 0 aromatic heterocycles. The SMILES string of the molecule is N#CC(C=O)=Cc1ccccc1Cl. The summed E-state index contributed by atoms with van der Waals surface area (Å²) >= 11 is 5.81. The van der Waals surface area contributed by atoms with E-state index in [1.165, 1.54) is 6.08 Å². The third kappa shape index (κ3) is 2.43. The van der Waals surface area contributed by atoms with Gasteiger partial charge in [0.25, 0.3) is 0 Å². The number of rotatable bonds is 2. The molecule has 0 heterocycles. The van der Waals surface area contributed by atoms with Crippen molar-refractivity contribution in [3.63, 3.8) is 0 Å². The Morgan fingerprint density at radius 2 is 2.15 bits per heavy atom. The van der Waals surface area contributed by atoms with Gasteiger partial charge in [-0.15, -0.1) is 0 Å². The van der Waals surface area contributed by atoms with Gasteiger partial charge in [0.05, 0.1) is 5.57 Å². The van der Waals surface area contributed by atoms with Gasteiger partial charge in [-0.25, -0.2) is 0 Å². The molecule has 3 heteroatoms. The Hall–Kier alpha value is -1.59. The Balaban J connectivity index is 3.11. The van der Waals surface area contributed by atoms with Crippen LogP contribution in [-0.4, -0.2) is 6.29 Å². The van der Waals surface area contributed by atoms with E-state index in [0.29, 0.717) is 16.9 Å². The number of hydrogen-bond acceptors (Lipinski definition) is 2. The molecule has 1 aromatic carbocycles. The molecule has 0 bridgehead atoms. The molecule has 0 amide bonds. The Morgan fingerprint density at radius 1 is 1.46 bits per heavy atom. The van der Waals surface area contributed by atoms with Gasteiger partial charge in [0.15, 0.2) is 6.29 Å². The number of nitrogens with zero attached hydrogens (tertiary/aromatic N) is 1. The summed E-state index contributed by atoms with van der Waals surface area (Å²) in [6, 6.07) is 8.78. The molecule has 13 heavy (non-hydrogen) atoms. The fraction of sp³-hybridized carbons (Fsp3) is 0. The summed E-state index contributed by atoms with van der Waals surface area (Å²) in [5.41, 5.74) is 0.737. The molecule has 0 aliphatic heterocycles. The predicted molar refractivity (Wildman–Crippen MR) is 51.1 cm³/mol. The number of carbonyl (C=O) groups is 1. The van der Waals surface area contributed by atoms with Gasteiger partial charge >= 0.3 is 0 Å². The van der Waals surface area contributed by atoms with Crippen LogP contribution in [0.25, 0.3) is 6.08 Å². The minimum atomic E-state index is 0.0631. The van der Waals surface area contributed by atoms with Crippen molar-refractivity contribution in [2.24, 2.45) is 0 Å². The number of carbonyl (C=O) groups excluding carboxylic acids is 1. The lowest BCUT2D eigenvalue weighted by Gasteiger charge is -1.95. The van der Waals surface area contributed by atoms with Crippen LogP contribution in [0.4, 0.5) is 0 Å². The summed E-state index contributed by atoms with van der Waals surface area (Å²) < 4.78 is 0. The van der Waals surface area contributed by atoms with Crippen LogP contribution in [0.1, 0.15) is 5.56 Å². The molecule has 0 saturated carbocycles. The van der Waals surface area contributed by atoms with E-state index in [4.69, 9.17) is 16.9 Å². The number of hydrogen-bond donors (Lipinski definition) is 0. The second kappa shape index (κ2) is 4.44. The van der Waals surface area contributed by atoms with Gasteiger partial charge in [0, 0.05) is 5.02 Å². The molecular formula is C10H6ClNO. The smallest absolute Gasteiger partial charge is 0.160 e. The average Bonchev–Trinajstić information content (AvgIpc) is 2.17. The van der Waals surface area contributed by atoms with Crippen molar-refractivity contribution in [1.29, 1.82) is 5.26 Å². The van der Waals surface area contributed by atoms with Crippen LogP contribution in [0.5, 0.6) is 0 Å². The minimum absolute atomic E-state index is 0.0631. The van der Waals surface area contributed by atoms with Crippen molar-refractivity contribution >= 4 is 24.0 Å². The summed E-state index contributed by atoms with van der Waals surface area (Å²) in [4.78, 5) is 10.3. The van der Waals surface area contributed by atoms with Crippen LogP contribution in [0.15, 0.2) is 29.8 Å². The second-order valence-corrected chi connectivity index (χ2v) is 2.76. The molecule has 0 N–H and O–H groups in total. The third-order valence-corrected chi connectivity index (χ3v) is 1.82. The lowest BCUT2D eigenvalue weighted by molar-refractivity contribution is -0.104. The van der Waals surface area contributed by atoms with Gasteiger partial charge in [-0.1, -0.05) is 29.8 Å². The summed E-state index contributed by atoms with van der Waals surface area (Å²) in [7, 11) is 0. The van der Waals surface area contributed by atoms with E-state index >= 15 is 0 Å². The highest BCUT2D eigenvalue weighted by molar-refractivity contribution is 6.32. The first-order valence-electron chi connectivity index (χ1n) is 3.59. The van der Waals surface area contributed by atoms with Crippen LogP contribution < -0.4 is 0 Å². The number of halogens is 1. The highest BCUT2D eigenvalue weighted by Crippen LogP contribution is 2.17. The lowest BCUT2D eigenvalue weighted by atomic mass is 10.1. The molecule has 0 fully saturated rings. The maximum Gasteiger partial charge on any atom is 0.160 e. The fourth-order valence-electron chi connectivity index (χ4n) is 0.852. The lowest BCUT2D eigenvalue weighted by Crippen LogP contribution is -1.80. The van der Waals surface area contributed by atoms with Crippen LogP contribution in [0.2, 0.25) is 5.02 Å². The molecule has 0 aliphatic carbocycles. The molecular weight excluding hydrogens is 186 g/mol. The van der Waals surface area contributed by atoms with Crippen molar-refractivity contribution in [2.75, 3.05) is 0 Å². The zero-order valence-corrected chi connectivity index (χ0v) is 7.45. The molecule has 0 atom stereocenters. The zero-order chi connectivity index (χ0) is 9.68. The third-order valence-electron chi connectivity index (χ3n) is 1.47. The summed E-state index contributed by atoms with van der Waals surface area (Å²) in [5, 5.41) is 9.01. The van der Waals surface area contributed by atoms with Gasteiger partial charge in [-0.2, -0.15) is 5.26 Å². The molecule has 0 spiro atoms. The number of aldehydes is 1. The zero-order valence-electron chi connectivity index (χ0n) is 6.70. The first-order chi connectivity index (χ1) is 6.27. The van der Waals surface area contributed by atoms with Gasteiger partial charge in [0.2, 0.25) is 0 Å². The highest BCUT2D eigenvalue weighted by atomic mass is 35.5. The Morgan fingerprint density at radius 3 is 2.69 bits per heavy atom. The van der Waals surface area contributed by atoms with Crippen molar-refractivity contribution in [3.05, 3.63) is 40.4 Å². The van der Waals surface area contributed by atoms with E-state index < -0.39 is 0 Å². The second-order valence-electron chi connectivity index (χ2n) is 2.35. The molecule has 0 radical (unpaired) electrons. The van der Waals surface area contributed by atoms with Crippen LogP contribution in [-0.2, 0) is 4.79 Å². The van der Waals surface area contributed by atoms with E-state index in [-0.39, 0.29) is 5.57 Å². The summed E-state index contributed by atoms with van der Waals surface area (Å²) in [5.74, 6) is 0. The monoisotopic (exact) mass is 191 g/mol. The molecule has 0 unspecified atom stereocenters. The van der Waals surface area contributed by atoms with Gasteiger partial charge < -0.3 is 0 Å². The Labute approximate surface area is 81.1 Å². The fourth-order valence-corrected chi connectivity index (χ4v) is 1.04. The van der Waals surface area contributed by atoms with Gasteiger partial charge in [-0.05, 0) is 17.7 Å². The Kier molecular flexibility index (Phi) is 3.24. The highest BCUT2D eigenvalue weighted by Gasteiger charge is 1.97. The number of benzene rings is 1. The van der Waals surface area contributed by atoms with E-state index in [2.05, 4.69) is 0 Å². The van der Waals surface area contributed by atoms with Crippen molar-refractivity contribution in [1.82, 2.24) is 0 Å². The predicted octanol–water partition coefficient (Wildman–Crippen LogP) is 2.45. The van der Waals surface area contributed by atoms with Gasteiger partial charge in [-0.3, -0.25) is 4.79 Å². The molecule has 64 valence electrons. The van der Waals surface area contributed by atoms with E-state index in [9.17, 15) is 4.79 Å². The van der Waals surface area contributed by atoms with Crippen LogP contribution in [0.3, 0.4) is 0 Å². The average molecular weight is 192 g/mol. The standard InChI is InChI=1S/C10H6ClNO/c11-10-4-2-1-3-9(10)5-8(6-12)7-13/h1-5,7H. The summed E-state index contributed by atoms with van der Waals surface area (Å²) in [6.45, 7) is 0. The molecule has 2 nitrogen and oxygen atoms in total. The van der Waals surface area contributed by atoms with Crippen molar-refractivity contribution in [3.8, 4) is 6.07 Å². The quantitative estimate of drug-likeness (QED) is 0.409. The largest absolute Gasteiger partial charge is 0.297 e. The maximum absolute atomic E-state index is 10.3. The summed E-state index contributed by atoms with van der Waals surface area (Å²) in [6.07, 6.45) is 1.96. The topological polar surface area (TPSA) is 40.9 Å². The van der Waals surface area contributed by atoms with Crippen LogP contribution >= 0.6 is 11.6 Å². The molecule has 0 saturated heterocycles. The van der Waals surface area contributed by atoms with Crippen molar-refractivity contribution < 1.29 is 4.79 Å². The molecule has 1 aromatic rings.